The lowest BCUT2D eigenvalue weighted by molar-refractivity contribution is 0.282. The SMILES string of the molecule is CC1=CC2=C(CC1)N(C1=CC[C@@H](C)C(C)C1)c1cc(C)ccc1B2c1cc2c(o1)C(C)(C)CCC2(C)C. The van der Waals surface area contributed by atoms with E-state index in [1.165, 1.54) is 69.7 Å². The number of aryl methyl sites for hydroxylation is 1. The second kappa shape index (κ2) is 8.55. The summed E-state index contributed by atoms with van der Waals surface area (Å²) < 4.78 is 6.98. The Labute approximate surface area is 225 Å². The van der Waals surface area contributed by atoms with Crippen LogP contribution in [0.3, 0.4) is 0 Å². The molecular formula is C34H44BNO. The highest BCUT2D eigenvalue weighted by Crippen LogP contribution is 2.47. The average Bonchev–Trinajstić information content (AvgIpc) is 3.30. The van der Waals surface area contributed by atoms with Crippen LogP contribution in [-0.2, 0) is 10.8 Å². The molecule has 0 fully saturated rings. The van der Waals surface area contributed by atoms with Crippen molar-refractivity contribution >= 4 is 23.5 Å². The molecule has 4 aliphatic rings. The minimum Gasteiger partial charge on any atom is -0.474 e. The Bertz CT molecular complexity index is 1320. The van der Waals surface area contributed by atoms with Gasteiger partial charge in [-0.1, -0.05) is 71.4 Å². The van der Waals surface area contributed by atoms with Gasteiger partial charge in [-0.15, -0.1) is 0 Å². The fourth-order valence-corrected chi connectivity index (χ4v) is 7.19. The van der Waals surface area contributed by atoms with Crippen molar-refractivity contribution in [2.45, 2.75) is 105 Å². The van der Waals surface area contributed by atoms with E-state index in [1.54, 1.807) is 0 Å². The number of rotatable bonds is 2. The van der Waals surface area contributed by atoms with Crippen LogP contribution < -0.4 is 16.0 Å². The Kier molecular flexibility index (Phi) is 5.75. The quantitative estimate of drug-likeness (QED) is 0.396. The summed E-state index contributed by atoms with van der Waals surface area (Å²) in [7, 11) is 0. The second-order valence-corrected chi connectivity index (χ2v) is 14.0. The van der Waals surface area contributed by atoms with Crippen LogP contribution in [0.15, 0.2) is 63.3 Å². The van der Waals surface area contributed by atoms with E-state index < -0.39 is 0 Å². The summed E-state index contributed by atoms with van der Waals surface area (Å²) in [5, 5.41) is 0. The molecule has 37 heavy (non-hydrogen) atoms. The maximum absolute atomic E-state index is 6.98. The number of furan rings is 1. The van der Waals surface area contributed by atoms with E-state index in [2.05, 4.69) is 96.7 Å². The summed E-state index contributed by atoms with van der Waals surface area (Å²) >= 11 is 0. The number of hydrogen-bond donors (Lipinski definition) is 0. The highest BCUT2D eigenvalue weighted by Gasteiger charge is 2.45. The van der Waals surface area contributed by atoms with Crippen molar-refractivity contribution in [2.24, 2.45) is 11.8 Å². The zero-order valence-electron chi connectivity index (χ0n) is 24.3. The molecule has 2 atom stereocenters. The summed E-state index contributed by atoms with van der Waals surface area (Å²) in [5.74, 6) is 2.67. The molecule has 1 unspecified atom stereocenters. The first-order valence-electron chi connectivity index (χ1n) is 14.6. The van der Waals surface area contributed by atoms with Gasteiger partial charge in [0, 0.05) is 22.5 Å². The Hall–Kier alpha value is -2.42. The first kappa shape index (κ1) is 24.9. The number of benzene rings is 1. The Morgan fingerprint density at radius 1 is 0.946 bits per heavy atom. The molecule has 2 nitrogen and oxygen atoms in total. The topological polar surface area (TPSA) is 16.4 Å². The van der Waals surface area contributed by atoms with Crippen molar-refractivity contribution in [3.8, 4) is 0 Å². The van der Waals surface area contributed by atoms with Gasteiger partial charge in [0.15, 0.2) is 0 Å². The predicted octanol–water partition coefficient (Wildman–Crippen LogP) is 7.85. The molecule has 0 N–H and O–H groups in total. The minimum absolute atomic E-state index is 0.0786. The van der Waals surface area contributed by atoms with Gasteiger partial charge < -0.3 is 9.32 Å². The number of hydrogen-bond acceptors (Lipinski definition) is 2. The molecule has 194 valence electrons. The molecule has 0 amide bonds. The van der Waals surface area contributed by atoms with E-state index in [-0.39, 0.29) is 17.5 Å². The summed E-state index contributed by atoms with van der Waals surface area (Å²) in [4.78, 5) is 2.66. The van der Waals surface area contributed by atoms with Crippen LogP contribution in [0.1, 0.15) is 104 Å². The highest BCUT2D eigenvalue weighted by molar-refractivity contribution is 6.92. The molecule has 2 aromatic rings. The minimum atomic E-state index is 0.0786. The number of nitrogens with zero attached hydrogens (tertiary/aromatic N) is 1. The summed E-state index contributed by atoms with van der Waals surface area (Å²) in [6, 6.07) is 9.55. The molecule has 0 saturated carbocycles. The van der Waals surface area contributed by atoms with Crippen LogP contribution in [0, 0.1) is 18.8 Å². The van der Waals surface area contributed by atoms with E-state index in [0.717, 1.165) is 30.8 Å². The van der Waals surface area contributed by atoms with Crippen molar-refractivity contribution < 1.29 is 4.42 Å². The van der Waals surface area contributed by atoms with Crippen molar-refractivity contribution in [1.29, 1.82) is 0 Å². The largest absolute Gasteiger partial charge is 0.474 e. The zero-order valence-corrected chi connectivity index (χ0v) is 24.3. The van der Waals surface area contributed by atoms with Crippen LogP contribution in [0.2, 0.25) is 0 Å². The molecule has 0 radical (unpaired) electrons. The van der Waals surface area contributed by atoms with Gasteiger partial charge in [-0.2, -0.15) is 0 Å². The van der Waals surface area contributed by atoms with Gasteiger partial charge in [0.25, 0.3) is 6.71 Å². The molecular weight excluding hydrogens is 449 g/mol. The van der Waals surface area contributed by atoms with E-state index in [9.17, 15) is 0 Å². The van der Waals surface area contributed by atoms with Crippen LogP contribution in [0.5, 0.6) is 0 Å². The van der Waals surface area contributed by atoms with Gasteiger partial charge in [-0.25, -0.2) is 0 Å². The third-order valence-electron chi connectivity index (χ3n) is 10.1. The summed E-state index contributed by atoms with van der Waals surface area (Å²) in [6.07, 6.45) is 12.0. The molecule has 6 rings (SSSR count). The lowest BCUT2D eigenvalue weighted by Gasteiger charge is -2.43. The molecule has 1 aromatic carbocycles. The maximum atomic E-state index is 6.98. The molecule has 2 heterocycles. The summed E-state index contributed by atoms with van der Waals surface area (Å²) in [5.41, 5.74) is 12.8. The van der Waals surface area contributed by atoms with E-state index in [0.29, 0.717) is 5.92 Å². The monoisotopic (exact) mass is 493 g/mol. The van der Waals surface area contributed by atoms with Crippen molar-refractivity contribution in [2.75, 3.05) is 4.90 Å². The smallest absolute Gasteiger partial charge is 0.291 e. The number of anilines is 1. The van der Waals surface area contributed by atoms with Gasteiger partial charge >= 0.3 is 0 Å². The Morgan fingerprint density at radius 3 is 2.43 bits per heavy atom. The molecule has 0 spiro atoms. The van der Waals surface area contributed by atoms with E-state index >= 15 is 0 Å². The molecule has 0 saturated heterocycles. The predicted molar refractivity (Wildman–Crippen MR) is 158 cm³/mol. The first-order valence-corrected chi connectivity index (χ1v) is 14.6. The maximum Gasteiger partial charge on any atom is 0.291 e. The Balaban J connectivity index is 1.58. The van der Waals surface area contributed by atoms with E-state index in [4.69, 9.17) is 4.42 Å². The van der Waals surface area contributed by atoms with Crippen molar-refractivity contribution in [1.82, 2.24) is 0 Å². The fourth-order valence-electron chi connectivity index (χ4n) is 7.19. The molecule has 3 heteroatoms. The van der Waals surface area contributed by atoms with Gasteiger partial charge in [0.1, 0.15) is 5.76 Å². The Morgan fingerprint density at radius 2 is 1.70 bits per heavy atom. The van der Waals surface area contributed by atoms with Gasteiger partial charge in [-0.05, 0) is 104 Å². The molecule has 3 aliphatic carbocycles. The number of fused-ring (bicyclic) bond motifs is 2. The van der Waals surface area contributed by atoms with Crippen molar-refractivity contribution in [3.63, 3.8) is 0 Å². The third-order valence-corrected chi connectivity index (χ3v) is 10.1. The van der Waals surface area contributed by atoms with Crippen LogP contribution in [0.4, 0.5) is 5.69 Å². The number of allylic oxidation sites excluding steroid dienone is 6. The van der Waals surface area contributed by atoms with Crippen LogP contribution >= 0.6 is 0 Å². The van der Waals surface area contributed by atoms with Gasteiger partial charge in [-0.3, -0.25) is 0 Å². The summed E-state index contributed by atoms with van der Waals surface area (Å²) in [6.45, 7) is 19.0. The standard InChI is InChI=1S/C34H44BNO/c1-21-10-14-29-28(17-21)35(31-20-26-32(37-31)34(7,8)16-15-33(26,5)6)27-13-9-22(2)18-30(27)36(29)25-12-11-23(3)24(4)19-25/h9,12-13,17-18,20,23-24H,10-11,14-16,19H2,1-8H3/t23-,24?/m1/s1. The highest BCUT2D eigenvalue weighted by atomic mass is 16.3. The van der Waals surface area contributed by atoms with Crippen LogP contribution in [0.25, 0.3) is 0 Å². The third kappa shape index (κ3) is 3.99. The molecule has 0 bridgehead atoms. The first-order chi connectivity index (χ1) is 17.5. The van der Waals surface area contributed by atoms with Gasteiger partial charge in [0.2, 0.25) is 0 Å². The second-order valence-electron chi connectivity index (χ2n) is 14.0. The fraction of sp³-hybridized carbons (Fsp3) is 0.529. The van der Waals surface area contributed by atoms with E-state index in [1.807, 2.05) is 0 Å². The molecule has 1 aliphatic heterocycles. The lowest BCUT2D eigenvalue weighted by Crippen LogP contribution is -2.51. The van der Waals surface area contributed by atoms with Crippen molar-refractivity contribution in [3.05, 3.63) is 75.7 Å². The normalized spacial score (nSPS) is 26.3. The van der Waals surface area contributed by atoms with Crippen LogP contribution in [-0.4, -0.2) is 6.71 Å². The zero-order chi connectivity index (χ0) is 26.3. The van der Waals surface area contributed by atoms with Gasteiger partial charge in [0.05, 0.1) is 5.66 Å². The average molecular weight is 494 g/mol. The molecule has 1 aromatic heterocycles. The lowest BCUT2D eigenvalue weighted by atomic mass is 9.36.